The van der Waals surface area contributed by atoms with Gasteiger partial charge >= 0.3 is 12.1 Å². The van der Waals surface area contributed by atoms with Crippen LogP contribution in [0.2, 0.25) is 5.15 Å². The van der Waals surface area contributed by atoms with Crippen molar-refractivity contribution in [2.45, 2.75) is 51.3 Å². The van der Waals surface area contributed by atoms with E-state index in [4.69, 9.17) is 16.3 Å². The topological polar surface area (TPSA) is 44.1 Å². The van der Waals surface area contributed by atoms with Gasteiger partial charge in [-0.2, -0.15) is 13.2 Å². The molecule has 158 valence electrons. The number of aromatic nitrogens is 2. The van der Waals surface area contributed by atoms with Gasteiger partial charge in [-0.1, -0.05) is 17.7 Å². The second-order valence-electron chi connectivity index (χ2n) is 8.46. The molecule has 8 heteroatoms. The Labute approximate surface area is 176 Å². The summed E-state index contributed by atoms with van der Waals surface area (Å²) in [6.07, 6.45) is -2.75. The van der Waals surface area contributed by atoms with E-state index in [0.29, 0.717) is 5.39 Å². The molecule has 0 spiro atoms. The van der Waals surface area contributed by atoms with Crippen molar-refractivity contribution >= 4 is 28.6 Å². The Morgan fingerprint density at radius 3 is 2.43 bits per heavy atom. The van der Waals surface area contributed by atoms with Crippen LogP contribution < -0.4 is 0 Å². The van der Waals surface area contributed by atoms with Gasteiger partial charge in [0.05, 0.1) is 11.3 Å². The molecule has 0 radical (unpaired) electrons. The third-order valence-electron chi connectivity index (χ3n) is 4.84. The zero-order chi connectivity index (χ0) is 21.8. The van der Waals surface area contributed by atoms with Crippen molar-refractivity contribution in [3.63, 3.8) is 0 Å². The first-order valence-electron chi connectivity index (χ1n) is 9.57. The van der Waals surface area contributed by atoms with E-state index in [0.717, 1.165) is 24.5 Å². The van der Waals surface area contributed by atoms with Crippen LogP contribution in [-0.4, -0.2) is 21.1 Å². The quantitative estimate of drug-likeness (QED) is 0.346. The molecule has 0 unspecified atom stereocenters. The number of nitrogens with zero attached hydrogens (tertiary/aromatic N) is 2. The lowest BCUT2D eigenvalue weighted by atomic mass is 10.0. The molecule has 1 fully saturated rings. The summed E-state index contributed by atoms with van der Waals surface area (Å²) in [4.78, 5) is 17.1. The number of ether oxygens (including phenoxy) is 1. The van der Waals surface area contributed by atoms with Gasteiger partial charge in [0.2, 0.25) is 0 Å². The molecule has 1 aromatic carbocycles. The fourth-order valence-corrected chi connectivity index (χ4v) is 3.57. The van der Waals surface area contributed by atoms with Gasteiger partial charge in [-0.25, -0.2) is 9.78 Å². The summed E-state index contributed by atoms with van der Waals surface area (Å²) in [6.45, 7) is 5.09. The number of benzene rings is 1. The van der Waals surface area contributed by atoms with Crippen molar-refractivity contribution < 1.29 is 22.7 Å². The minimum atomic E-state index is -4.61. The van der Waals surface area contributed by atoms with Crippen LogP contribution in [0.1, 0.15) is 61.1 Å². The van der Waals surface area contributed by atoms with Gasteiger partial charge in [0, 0.05) is 5.39 Å². The number of rotatable bonds is 3. The van der Waals surface area contributed by atoms with Crippen LogP contribution in [0.3, 0.4) is 0 Å². The number of alkyl halides is 3. The van der Waals surface area contributed by atoms with Gasteiger partial charge in [0.15, 0.2) is 0 Å². The van der Waals surface area contributed by atoms with Crippen molar-refractivity contribution in [1.82, 2.24) is 9.55 Å². The average Bonchev–Trinajstić information content (AvgIpc) is 3.39. The van der Waals surface area contributed by atoms with Crippen LogP contribution in [0.4, 0.5) is 13.2 Å². The fraction of sp³-hybridized carbons (Fsp3) is 0.364. The number of carbonyl (C=O) groups is 1. The summed E-state index contributed by atoms with van der Waals surface area (Å²) in [5.74, 6) is -0.504. The van der Waals surface area contributed by atoms with E-state index >= 15 is 0 Å². The number of hydrogen-bond acceptors (Lipinski definition) is 3. The first-order chi connectivity index (χ1) is 13.9. The highest BCUT2D eigenvalue weighted by Crippen LogP contribution is 2.44. The molecule has 0 amide bonds. The maximum absolute atomic E-state index is 13.9. The summed E-state index contributed by atoms with van der Waals surface area (Å²) >= 11 is 6.03. The Morgan fingerprint density at radius 1 is 1.13 bits per heavy atom. The molecular weight excluding hydrogens is 417 g/mol. The Morgan fingerprint density at radius 2 is 1.83 bits per heavy atom. The number of halogens is 4. The summed E-state index contributed by atoms with van der Waals surface area (Å²) in [5.41, 5.74) is -0.882. The monoisotopic (exact) mass is 436 g/mol. The Balaban J connectivity index is 2.02. The van der Waals surface area contributed by atoms with E-state index in [9.17, 15) is 18.0 Å². The molecule has 0 aliphatic heterocycles. The number of pyridine rings is 1. The molecule has 4 rings (SSSR count). The zero-order valence-electron chi connectivity index (χ0n) is 16.7. The lowest BCUT2D eigenvalue weighted by Gasteiger charge is -2.21. The summed E-state index contributed by atoms with van der Waals surface area (Å²) in [6, 6.07) is 8.69. The summed E-state index contributed by atoms with van der Waals surface area (Å²) < 4.78 is 48.4. The summed E-state index contributed by atoms with van der Waals surface area (Å²) in [5, 5.41) is 0.606. The van der Waals surface area contributed by atoms with Crippen molar-refractivity contribution in [3.8, 4) is 5.69 Å². The van der Waals surface area contributed by atoms with Crippen molar-refractivity contribution in [2.24, 2.45) is 0 Å². The third-order valence-corrected chi connectivity index (χ3v) is 5.05. The molecule has 30 heavy (non-hydrogen) atoms. The lowest BCUT2D eigenvalue weighted by Crippen LogP contribution is -2.25. The summed E-state index contributed by atoms with van der Waals surface area (Å²) in [7, 11) is 0. The van der Waals surface area contributed by atoms with Crippen LogP contribution in [0.5, 0.6) is 0 Å². The SMILES string of the molecule is CC(C)(C)OC(=O)c1cc2ccc(Cl)nc2n1-c1cc(C2CC2)ccc1C(F)(F)F. The van der Waals surface area contributed by atoms with E-state index in [1.165, 1.54) is 28.8 Å². The number of esters is 1. The molecule has 0 saturated heterocycles. The molecule has 1 saturated carbocycles. The Hall–Kier alpha value is -2.54. The first kappa shape index (κ1) is 20.7. The molecule has 2 aromatic heterocycles. The predicted molar refractivity (Wildman–Crippen MR) is 108 cm³/mol. The number of fused-ring (bicyclic) bond motifs is 1. The first-order valence-corrected chi connectivity index (χ1v) is 9.95. The molecule has 3 aromatic rings. The largest absolute Gasteiger partial charge is 0.455 e. The van der Waals surface area contributed by atoms with E-state index in [-0.39, 0.29) is 28.1 Å². The van der Waals surface area contributed by atoms with Crippen LogP contribution >= 0.6 is 11.6 Å². The molecule has 4 nitrogen and oxygen atoms in total. The lowest BCUT2D eigenvalue weighted by molar-refractivity contribution is -0.137. The van der Waals surface area contributed by atoms with Gasteiger partial charge in [0.1, 0.15) is 22.1 Å². The highest BCUT2D eigenvalue weighted by Gasteiger charge is 2.37. The second kappa shape index (κ2) is 7.01. The van der Waals surface area contributed by atoms with Crippen LogP contribution in [0.15, 0.2) is 36.4 Å². The van der Waals surface area contributed by atoms with Gasteiger partial charge < -0.3 is 4.74 Å². The Kier molecular flexibility index (Phi) is 4.84. The van der Waals surface area contributed by atoms with Crippen molar-refractivity contribution in [3.05, 3.63) is 58.4 Å². The molecule has 0 N–H and O–H groups in total. The van der Waals surface area contributed by atoms with E-state index in [1.807, 2.05) is 0 Å². The zero-order valence-corrected chi connectivity index (χ0v) is 17.4. The molecular formula is C22H20ClF3N2O2. The second-order valence-corrected chi connectivity index (χ2v) is 8.85. The van der Waals surface area contributed by atoms with E-state index < -0.39 is 23.3 Å². The third kappa shape index (κ3) is 4.03. The van der Waals surface area contributed by atoms with Crippen molar-refractivity contribution in [1.29, 1.82) is 0 Å². The highest BCUT2D eigenvalue weighted by molar-refractivity contribution is 6.29. The molecule has 1 aliphatic carbocycles. The van der Waals surface area contributed by atoms with Gasteiger partial charge in [-0.15, -0.1) is 0 Å². The Bertz CT molecular complexity index is 1140. The van der Waals surface area contributed by atoms with E-state index in [1.54, 1.807) is 26.8 Å². The average molecular weight is 437 g/mol. The van der Waals surface area contributed by atoms with Crippen molar-refractivity contribution in [2.75, 3.05) is 0 Å². The van der Waals surface area contributed by atoms with Gasteiger partial charge in [0.25, 0.3) is 0 Å². The standard InChI is InChI=1S/C22H20ClF3N2O2/c1-21(2,3)30-20(29)17-11-14-7-9-18(23)27-19(14)28(17)16-10-13(12-4-5-12)6-8-15(16)22(24,25)26/h6-12H,4-5H2,1-3H3. The maximum Gasteiger partial charge on any atom is 0.418 e. The normalized spacial score (nSPS) is 14.9. The minimum Gasteiger partial charge on any atom is -0.455 e. The highest BCUT2D eigenvalue weighted by atomic mass is 35.5. The minimum absolute atomic E-state index is 0.0341. The van der Waals surface area contributed by atoms with Crippen LogP contribution in [0, 0.1) is 0 Å². The maximum atomic E-state index is 13.9. The van der Waals surface area contributed by atoms with Gasteiger partial charge in [-0.05, 0) is 75.4 Å². The molecule has 0 atom stereocenters. The molecule has 0 bridgehead atoms. The number of carbonyl (C=O) groups excluding carboxylic acids is 1. The van der Waals surface area contributed by atoms with Gasteiger partial charge in [-0.3, -0.25) is 4.57 Å². The molecule has 1 aliphatic rings. The molecule has 2 heterocycles. The van der Waals surface area contributed by atoms with Crippen LogP contribution in [-0.2, 0) is 10.9 Å². The fourth-order valence-electron chi connectivity index (χ4n) is 3.42. The predicted octanol–water partition coefficient (Wildman–Crippen LogP) is 6.53. The number of hydrogen-bond donors (Lipinski definition) is 0. The van der Waals surface area contributed by atoms with Crippen LogP contribution in [0.25, 0.3) is 16.7 Å². The van der Waals surface area contributed by atoms with E-state index in [2.05, 4.69) is 4.98 Å². The smallest absolute Gasteiger partial charge is 0.418 e.